The van der Waals surface area contributed by atoms with Gasteiger partial charge >= 0.3 is 0 Å². The molecule has 0 saturated carbocycles. The van der Waals surface area contributed by atoms with Gasteiger partial charge in [-0.25, -0.2) is 0 Å². The molecule has 0 radical (unpaired) electrons. The maximum Gasteiger partial charge on any atom is 0.268 e. The smallest absolute Gasteiger partial charge is 0.268 e. The van der Waals surface area contributed by atoms with Gasteiger partial charge in [-0.1, -0.05) is 53.0 Å². The first-order valence-corrected chi connectivity index (χ1v) is 11.6. The molecule has 0 aliphatic heterocycles. The zero-order chi connectivity index (χ0) is 24.8. The molecule has 0 aliphatic rings. The van der Waals surface area contributed by atoms with E-state index >= 15 is 0 Å². The number of hydrogen-bond acceptors (Lipinski definition) is 3. The topological polar surface area (TPSA) is 71.3 Å². The van der Waals surface area contributed by atoms with Crippen molar-refractivity contribution in [1.82, 2.24) is 10.6 Å². The second-order valence-electron chi connectivity index (χ2n) is 7.90. The average molecular weight is 505 g/mol. The molecule has 4 aromatic rings. The Kier molecular flexibility index (Phi) is 7.70. The summed E-state index contributed by atoms with van der Waals surface area (Å²) in [6, 6.07) is 25.0. The van der Waals surface area contributed by atoms with Crippen LogP contribution >= 0.6 is 23.2 Å². The van der Waals surface area contributed by atoms with E-state index in [9.17, 15) is 9.59 Å². The molecular weight excluding hydrogens is 483 g/mol. The van der Waals surface area contributed by atoms with Gasteiger partial charge in [0.05, 0.1) is 0 Å². The van der Waals surface area contributed by atoms with Gasteiger partial charge in [-0.3, -0.25) is 9.59 Å². The van der Waals surface area contributed by atoms with Crippen molar-refractivity contribution in [3.63, 3.8) is 0 Å². The molecule has 1 heterocycles. The molecule has 0 saturated heterocycles. The normalized spacial score (nSPS) is 11.2. The van der Waals surface area contributed by atoms with Gasteiger partial charge in [0.25, 0.3) is 11.8 Å². The van der Waals surface area contributed by atoms with Crippen molar-refractivity contribution >= 4 is 41.1 Å². The van der Waals surface area contributed by atoms with Crippen molar-refractivity contribution in [2.45, 2.75) is 13.5 Å². The molecule has 7 heteroatoms. The molecule has 0 fully saturated rings. The Labute approximate surface area is 213 Å². The van der Waals surface area contributed by atoms with Crippen LogP contribution in [0.4, 0.5) is 0 Å². The number of hydrogen-bond donors (Lipinski definition) is 2. The number of amides is 2. The predicted octanol–water partition coefficient (Wildman–Crippen LogP) is 6.65. The minimum Gasteiger partial charge on any atom is -0.457 e. The molecule has 35 heavy (non-hydrogen) atoms. The summed E-state index contributed by atoms with van der Waals surface area (Å²) in [7, 11) is 0. The quantitative estimate of drug-likeness (QED) is 0.276. The predicted molar refractivity (Wildman–Crippen MR) is 139 cm³/mol. The Morgan fingerprint density at radius 1 is 0.829 bits per heavy atom. The Balaban J connectivity index is 1.57. The number of aryl methyl sites for hydroxylation is 1. The van der Waals surface area contributed by atoms with Crippen LogP contribution in [-0.2, 0) is 11.3 Å². The summed E-state index contributed by atoms with van der Waals surface area (Å²) < 4.78 is 5.90. The van der Waals surface area contributed by atoms with Gasteiger partial charge in [-0.05, 0) is 73.2 Å². The summed E-state index contributed by atoms with van der Waals surface area (Å²) in [5.41, 5.74) is 3.33. The summed E-state index contributed by atoms with van der Waals surface area (Å²) in [5, 5.41) is 6.68. The van der Waals surface area contributed by atoms with E-state index in [0.717, 1.165) is 16.7 Å². The third-order valence-corrected chi connectivity index (χ3v) is 5.72. The van der Waals surface area contributed by atoms with Gasteiger partial charge in [0, 0.05) is 33.8 Å². The van der Waals surface area contributed by atoms with Crippen LogP contribution < -0.4 is 10.6 Å². The molecule has 0 aliphatic carbocycles. The Morgan fingerprint density at radius 2 is 1.46 bits per heavy atom. The highest BCUT2D eigenvalue weighted by Crippen LogP contribution is 2.25. The van der Waals surface area contributed by atoms with Crippen LogP contribution in [-0.4, -0.2) is 11.8 Å². The molecule has 2 N–H and O–H groups in total. The fraction of sp³-hybridized carbons (Fsp3) is 0.0714. The van der Waals surface area contributed by atoms with Crippen molar-refractivity contribution in [3.8, 4) is 11.3 Å². The van der Waals surface area contributed by atoms with Crippen molar-refractivity contribution in [1.29, 1.82) is 0 Å². The molecule has 3 aromatic carbocycles. The molecule has 1 aromatic heterocycles. The molecule has 0 spiro atoms. The lowest BCUT2D eigenvalue weighted by atomic mass is 10.1. The van der Waals surface area contributed by atoms with Crippen LogP contribution in [0.5, 0.6) is 0 Å². The Bertz CT molecular complexity index is 1360. The number of nitrogens with one attached hydrogen (secondary N) is 2. The monoisotopic (exact) mass is 504 g/mol. The summed E-state index contributed by atoms with van der Waals surface area (Å²) in [4.78, 5) is 25.9. The molecule has 5 nitrogen and oxygen atoms in total. The first kappa shape index (κ1) is 24.3. The highest BCUT2D eigenvalue weighted by atomic mass is 35.5. The zero-order valence-electron chi connectivity index (χ0n) is 18.8. The zero-order valence-corrected chi connectivity index (χ0v) is 20.4. The van der Waals surface area contributed by atoms with Crippen LogP contribution in [0.2, 0.25) is 10.0 Å². The summed E-state index contributed by atoms with van der Waals surface area (Å²) in [6.45, 7) is 2.30. The second kappa shape index (κ2) is 11.1. The van der Waals surface area contributed by atoms with Crippen LogP contribution in [0.15, 0.2) is 95.0 Å². The lowest BCUT2D eigenvalue weighted by molar-refractivity contribution is -0.117. The SMILES string of the molecule is Cc1ccc(CNC(=O)/C(=C/c2ccc(-c3ccc(Cl)cc3)o2)NC(=O)c2ccc(Cl)cc2)cc1. The molecular formula is C28H22Cl2N2O3. The third-order valence-electron chi connectivity index (χ3n) is 5.22. The largest absolute Gasteiger partial charge is 0.457 e. The van der Waals surface area contributed by atoms with E-state index in [1.807, 2.05) is 43.3 Å². The second-order valence-corrected chi connectivity index (χ2v) is 8.77. The first-order chi connectivity index (χ1) is 16.9. The van der Waals surface area contributed by atoms with Crippen LogP contribution in [0.25, 0.3) is 17.4 Å². The van der Waals surface area contributed by atoms with Gasteiger partial charge < -0.3 is 15.1 Å². The summed E-state index contributed by atoms with van der Waals surface area (Å²) in [6.07, 6.45) is 1.50. The van der Waals surface area contributed by atoms with E-state index in [4.69, 9.17) is 27.6 Å². The third kappa shape index (κ3) is 6.63. The van der Waals surface area contributed by atoms with Gasteiger partial charge in [0.15, 0.2) is 0 Å². The van der Waals surface area contributed by atoms with Crippen LogP contribution in [0.3, 0.4) is 0 Å². The van der Waals surface area contributed by atoms with Gasteiger partial charge in [0.2, 0.25) is 0 Å². The van der Waals surface area contributed by atoms with E-state index in [1.165, 1.54) is 6.08 Å². The van der Waals surface area contributed by atoms with Crippen molar-refractivity contribution in [2.75, 3.05) is 0 Å². The van der Waals surface area contributed by atoms with Gasteiger partial charge in [-0.2, -0.15) is 0 Å². The number of halogens is 2. The number of carbonyl (C=O) groups is 2. The first-order valence-electron chi connectivity index (χ1n) is 10.9. The standard InChI is InChI=1S/C28H22Cl2N2O3/c1-18-2-4-19(5-3-18)17-31-28(34)25(32-27(33)21-8-12-23(30)13-9-21)16-24-14-15-26(35-24)20-6-10-22(29)11-7-20/h2-16H,17H2,1H3,(H,31,34)(H,32,33)/b25-16-. The minimum atomic E-state index is -0.447. The molecule has 4 rings (SSSR count). The molecule has 2 amide bonds. The molecule has 0 atom stereocenters. The van der Waals surface area contributed by atoms with Crippen molar-refractivity contribution in [3.05, 3.63) is 123 Å². The maximum atomic E-state index is 13.1. The number of carbonyl (C=O) groups excluding carboxylic acids is 2. The summed E-state index contributed by atoms with van der Waals surface area (Å²) >= 11 is 11.9. The number of furan rings is 1. The fourth-order valence-electron chi connectivity index (χ4n) is 3.28. The van der Waals surface area contributed by atoms with Gasteiger partial charge in [-0.15, -0.1) is 0 Å². The number of benzene rings is 3. The molecule has 0 bridgehead atoms. The van der Waals surface area contributed by atoms with E-state index < -0.39 is 11.8 Å². The van der Waals surface area contributed by atoms with E-state index in [1.54, 1.807) is 48.5 Å². The highest BCUT2D eigenvalue weighted by molar-refractivity contribution is 6.31. The summed E-state index contributed by atoms with van der Waals surface area (Å²) in [5.74, 6) is 0.128. The van der Waals surface area contributed by atoms with E-state index in [-0.39, 0.29) is 5.70 Å². The van der Waals surface area contributed by atoms with Crippen molar-refractivity contribution < 1.29 is 14.0 Å². The van der Waals surface area contributed by atoms with Crippen molar-refractivity contribution in [2.24, 2.45) is 0 Å². The average Bonchev–Trinajstić information content (AvgIpc) is 3.32. The van der Waals surface area contributed by atoms with Gasteiger partial charge in [0.1, 0.15) is 17.2 Å². The van der Waals surface area contributed by atoms with Crippen LogP contribution in [0, 0.1) is 6.92 Å². The van der Waals surface area contributed by atoms with Crippen LogP contribution in [0.1, 0.15) is 27.2 Å². The number of rotatable bonds is 7. The lowest BCUT2D eigenvalue weighted by Gasteiger charge is -2.11. The fourth-order valence-corrected chi connectivity index (χ4v) is 3.53. The van der Waals surface area contributed by atoms with E-state index in [2.05, 4.69) is 10.6 Å². The highest BCUT2D eigenvalue weighted by Gasteiger charge is 2.16. The van der Waals surface area contributed by atoms with E-state index in [0.29, 0.717) is 33.7 Å². The minimum absolute atomic E-state index is 0.0501. The Morgan fingerprint density at radius 3 is 2.11 bits per heavy atom. The maximum absolute atomic E-state index is 13.1. The Hall–Kier alpha value is -3.80. The molecule has 176 valence electrons. The lowest BCUT2D eigenvalue weighted by Crippen LogP contribution is -2.34. The molecule has 0 unspecified atom stereocenters.